The molecule has 3 aromatic rings. The van der Waals surface area contributed by atoms with Crippen LogP contribution in [0.3, 0.4) is 0 Å². The van der Waals surface area contributed by atoms with E-state index >= 15 is 0 Å². The smallest absolute Gasteiger partial charge is 0.229 e. The highest BCUT2D eigenvalue weighted by atomic mass is 35.5. The number of hydrogen-bond donors (Lipinski definition) is 3. The second-order valence-electron chi connectivity index (χ2n) is 7.38. The van der Waals surface area contributed by atoms with E-state index in [2.05, 4.69) is 25.9 Å². The van der Waals surface area contributed by atoms with Gasteiger partial charge < -0.3 is 34.7 Å². The lowest BCUT2D eigenvalue weighted by molar-refractivity contribution is -0.109. The van der Waals surface area contributed by atoms with Crippen LogP contribution in [0.2, 0.25) is 5.02 Å². The van der Waals surface area contributed by atoms with E-state index in [-0.39, 0.29) is 36.4 Å². The van der Waals surface area contributed by atoms with Gasteiger partial charge in [0.25, 0.3) is 0 Å². The highest BCUT2D eigenvalue weighted by Crippen LogP contribution is 2.33. The van der Waals surface area contributed by atoms with Crippen LogP contribution in [0.15, 0.2) is 42.6 Å². The summed E-state index contributed by atoms with van der Waals surface area (Å²) in [5.41, 5.74) is 1.75. The summed E-state index contributed by atoms with van der Waals surface area (Å²) in [6, 6.07) is 10.4. The zero-order chi connectivity index (χ0) is 26.8. The maximum atomic E-state index is 11.8. The van der Waals surface area contributed by atoms with E-state index in [9.17, 15) is 13.6 Å². The molecule has 0 aliphatic heterocycles. The Morgan fingerprint density at radius 3 is 2.41 bits per heavy atom. The Labute approximate surface area is 221 Å². The lowest BCUT2D eigenvalue weighted by Crippen LogP contribution is -2.32. The van der Waals surface area contributed by atoms with Gasteiger partial charge in [0.05, 0.1) is 33.2 Å². The monoisotopic (exact) mass is 549 g/mol. The third-order valence-electron chi connectivity index (χ3n) is 5.11. The molecule has 3 N–H and O–H groups in total. The van der Waals surface area contributed by atoms with Crippen molar-refractivity contribution in [3.8, 4) is 17.2 Å². The Morgan fingerprint density at radius 1 is 1.05 bits per heavy atom. The van der Waals surface area contributed by atoms with E-state index in [1.807, 2.05) is 0 Å². The molecule has 0 bridgehead atoms. The van der Waals surface area contributed by atoms with E-state index in [0.29, 0.717) is 40.6 Å². The standard InChI is InChI=1S/C23H27ClN6O6S/c1-34-16-4-6-19(15(10-16)13-30(37(32)33)9-8-25-14-31)27-22-18(24)12-26-23(29-22)28-20-7-5-17(35-2)11-21(20)36-3/h4-7,10-12,14H,8-9,13H2,1-3H3,(H,25,31)(H,32,33)(H2,26,27,28,29)/p-1. The van der Waals surface area contributed by atoms with Gasteiger partial charge in [-0.25, -0.2) is 9.29 Å². The number of benzene rings is 2. The molecule has 14 heteroatoms. The lowest BCUT2D eigenvalue weighted by atomic mass is 10.1. The number of nitrogens with zero attached hydrogens (tertiary/aromatic N) is 3. The van der Waals surface area contributed by atoms with Gasteiger partial charge in [-0.05, 0) is 35.9 Å². The number of nitrogens with one attached hydrogen (secondary N) is 3. The normalized spacial score (nSPS) is 11.5. The molecule has 0 aliphatic carbocycles. The van der Waals surface area contributed by atoms with Gasteiger partial charge >= 0.3 is 0 Å². The molecular formula is C23H26ClN6O6S-. The second-order valence-corrected chi connectivity index (χ2v) is 8.74. The van der Waals surface area contributed by atoms with Gasteiger partial charge in [-0.1, -0.05) is 11.6 Å². The minimum Gasteiger partial charge on any atom is -0.760 e. The molecule has 2 aromatic carbocycles. The number of amides is 1. The van der Waals surface area contributed by atoms with Crippen LogP contribution in [0.25, 0.3) is 0 Å². The maximum absolute atomic E-state index is 11.8. The molecule has 198 valence electrons. The van der Waals surface area contributed by atoms with Crippen LogP contribution in [0.4, 0.5) is 23.1 Å². The minimum atomic E-state index is -2.53. The van der Waals surface area contributed by atoms with Crippen molar-refractivity contribution in [2.45, 2.75) is 6.54 Å². The Balaban J connectivity index is 1.88. The molecule has 12 nitrogen and oxygen atoms in total. The molecule has 0 fully saturated rings. The SMILES string of the molecule is COc1ccc(Nc2nc(Nc3ccc(OC)cc3OC)ncc2Cl)c(CN(CCNC=O)S(=O)[O-])c1. The molecule has 1 aromatic heterocycles. The van der Waals surface area contributed by atoms with E-state index in [0.717, 1.165) is 0 Å². The molecule has 1 heterocycles. The molecule has 0 aliphatic rings. The summed E-state index contributed by atoms with van der Waals surface area (Å²) in [6.07, 6.45) is 1.94. The first-order valence-electron chi connectivity index (χ1n) is 10.8. The second kappa shape index (κ2) is 13.6. The first-order valence-corrected chi connectivity index (χ1v) is 12.3. The van der Waals surface area contributed by atoms with Crippen molar-refractivity contribution in [2.24, 2.45) is 0 Å². The van der Waals surface area contributed by atoms with Crippen LogP contribution < -0.4 is 30.2 Å². The van der Waals surface area contributed by atoms with Gasteiger partial charge in [-0.15, -0.1) is 0 Å². The minimum absolute atomic E-state index is 0.00698. The first-order chi connectivity index (χ1) is 17.9. The van der Waals surface area contributed by atoms with Crippen LogP contribution in [0.1, 0.15) is 5.56 Å². The van der Waals surface area contributed by atoms with E-state index in [1.165, 1.54) is 24.7 Å². The van der Waals surface area contributed by atoms with Gasteiger partial charge in [0.2, 0.25) is 12.4 Å². The van der Waals surface area contributed by atoms with E-state index in [4.69, 9.17) is 25.8 Å². The fraction of sp³-hybridized carbons (Fsp3) is 0.261. The summed E-state index contributed by atoms with van der Waals surface area (Å²) in [6.45, 7) is 0.246. The van der Waals surface area contributed by atoms with Gasteiger partial charge in [0.15, 0.2) is 5.82 Å². The largest absolute Gasteiger partial charge is 0.760 e. The molecule has 0 spiro atoms. The van der Waals surface area contributed by atoms with Crippen LogP contribution in [-0.2, 0) is 22.6 Å². The topological polar surface area (TPSA) is 150 Å². The van der Waals surface area contributed by atoms with Crippen LogP contribution in [0.5, 0.6) is 17.2 Å². The van der Waals surface area contributed by atoms with Crippen LogP contribution >= 0.6 is 11.6 Å². The average molecular weight is 550 g/mol. The van der Waals surface area contributed by atoms with Gasteiger partial charge in [0, 0.05) is 42.7 Å². The van der Waals surface area contributed by atoms with Crippen molar-refractivity contribution in [2.75, 3.05) is 45.1 Å². The fourth-order valence-corrected chi connectivity index (χ4v) is 3.88. The predicted octanol–water partition coefficient (Wildman–Crippen LogP) is 2.99. The molecule has 0 saturated heterocycles. The molecule has 0 saturated carbocycles. The van der Waals surface area contributed by atoms with Crippen LogP contribution in [-0.4, -0.2) is 63.9 Å². The number of ether oxygens (including phenoxy) is 3. The van der Waals surface area contributed by atoms with Crippen molar-refractivity contribution in [3.63, 3.8) is 0 Å². The Morgan fingerprint density at radius 2 is 1.76 bits per heavy atom. The summed E-state index contributed by atoms with van der Waals surface area (Å²) in [7, 11) is 4.61. The van der Waals surface area contributed by atoms with E-state index < -0.39 is 11.3 Å². The van der Waals surface area contributed by atoms with Gasteiger partial charge in [-0.3, -0.25) is 9.00 Å². The van der Waals surface area contributed by atoms with Crippen molar-refractivity contribution in [3.05, 3.63) is 53.2 Å². The first kappa shape index (κ1) is 27.9. The number of methoxy groups -OCH3 is 3. The highest BCUT2D eigenvalue weighted by molar-refractivity contribution is 7.76. The van der Waals surface area contributed by atoms with Gasteiger partial charge in [0.1, 0.15) is 22.3 Å². The number of carbonyl (C=O) groups excluding carboxylic acids is 1. The zero-order valence-corrected chi connectivity index (χ0v) is 21.9. The summed E-state index contributed by atoms with van der Waals surface area (Å²) in [4.78, 5) is 19.2. The molecule has 1 amide bonds. The Bertz CT molecular complexity index is 1250. The van der Waals surface area contributed by atoms with Crippen LogP contribution in [0, 0.1) is 0 Å². The number of anilines is 4. The third kappa shape index (κ3) is 7.67. The fourth-order valence-electron chi connectivity index (χ4n) is 3.26. The van der Waals surface area contributed by atoms with Crippen molar-refractivity contribution < 1.29 is 27.8 Å². The third-order valence-corrected chi connectivity index (χ3v) is 6.12. The number of rotatable bonds is 14. The quantitative estimate of drug-likeness (QED) is 0.155. The van der Waals surface area contributed by atoms with Crippen molar-refractivity contribution >= 4 is 52.4 Å². The molecule has 1 unspecified atom stereocenters. The predicted molar refractivity (Wildman–Crippen MR) is 140 cm³/mol. The number of hydrogen-bond acceptors (Lipinski definition) is 10. The summed E-state index contributed by atoms with van der Waals surface area (Å²) in [5.74, 6) is 2.22. The molecular weight excluding hydrogens is 524 g/mol. The Kier molecular flexibility index (Phi) is 10.3. The highest BCUT2D eigenvalue weighted by Gasteiger charge is 2.15. The number of carbonyl (C=O) groups is 1. The maximum Gasteiger partial charge on any atom is 0.229 e. The van der Waals surface area contributed by atoms with Crippen molar-refractivity contribution in [1.82, 2.24) is 19.6 Å². The molecule has 3 rings (SSSR count). The Hall–Kier alpha value is -3.65. The van der Waals surface area contributed by atoms with E-state index in [1.54, 1.807) is 43.5 Å². The summed E-state index contributed by atoms with van der Waals surface area (Å²) >= 11 is 3.84. The average Bonchev–Trinajstić information content (AvgIpc) is 2.90. The molecule has 0 radical (unpaired) electrons. The lowest BCUT2D eigenvalue weighted by Gasteiger charge is -2.25. The summed E-state index contributed by atoms with van der Waals surface area (Å²) in [5, 5.41) is 8.93. The van der Waals surface area contributed by atoms with Crippen molar-refractivity contribution in [1.29, 1.82) is 0 Å². The molecule has 37 heavy (non-hydrogen) atoms. The number of aromatic nitrogens is 2. The zero-order valence-electron chi connectivity index (χ0n) is 20.3. The molecule has 1 atom stereocenters. The van der Waals surface area contributed by atoms with Gasteiger partial charge in [-0.2, -0.15) is 4.98 Å². The number of halogens is 1. The summed E-state index contributed by atoms with van der Waals surface area (Å²) < 4.78 is 40.7.